The van der Waals surface area contributed by atoms with E-state index in [1.165, 1.54) is 0 Å². The lowest BCUT2D eigenvalue weighted by Crippen LogP contribution is -2.52. The Balaban J connectivity index is 1.36. The molecular formula is C27H35N3O5. The zero-order chi connectivity index (χ0) is 24.5. The molecule has 0 aromatic heterocycles. The van der Waals surface area contributed by atoms with Crippen molar-refractivity contribution in [3.63, 3.8) is 0 Å². The highest BCUT2D eigenvalue weighted by atomic mass is 16.5. The van der Waals surface area contributed by atoms with Crippen molar-refractivity contribution in [3.8, 4) is 5.75 Å². The first kappa shape index (κ1) is 25.2. The van der Waals surface area contributed by atoms with E-state index in [2.05, 4.69) is 4.90 Å². The topological polar surface area (TPSA) is 71.6 Å². The van der Waals surface area contributed by atoms with Crippen molar-refractivity contribution in [2.45, 2.75) is 13.0 Å². The first-order valence-electron chi connectivity index (χ1n) is 12.3. The van der Waals surface area contributed by atoms with Gasteiger partial charge in [0.25, 0.3) is 11.8 Å². The standard InChI is InChI=1S/C27H35N3O5/c1-22-7-9-23(10-8-22)27(32)30(12-11-28-13-16-33-17-14-28)20-25-19-29(15-18-34-25)26(31)21-35-24-5-3-2-4-6-24/h2-10,25H,11-21H2,1H3/t25-/m0/s1. The number of ether oxygens (including phenoxy) is 3. The third-order valence-electron chi connectivity index (χ3n) is 6.40. The Morgan fingerprint density at radius 2 is 1.74 bits per heavy atom. The van der Waals surface area contributed by atoms with E-state index < -0.39 is 0 Å². The number of carbonyl (C=O) groups is 2. The molecule has 0 spiro atoms. The minimum atomic E-state index is -0.247. The van der Waals surface area contributed by atoms with E-state index in [4.69, 9.17) is 14.2 Å². The third-order valence-corrected chi connectivity index (χ3v) is 6.40. The fourth-order valence-electron chi connectivity index (χ4n) is 4.30. The number of carbonyl (C=O) groups excluding carboxylic acids is 2. The van der Waals surface area contributed by atoms with Gasteiger partial charge in [0.1, 0.15) is 5.75 Å². The minimum Gasteiger partial charge on any atom is -0.484 e. The van der Waals surface area contributed by atoms with Gasteiger partial charge in [-0.15, -0.1) is 0 Å². The van der Waals surface area contributed by atoms with Crippen molar-refractivity contribution in [3.05, 3.63) is 65.7 Å². The summed E-state index contributed by atoms with van der Waals surface area (Å²) in [6, 6.07) is 17.0. The van der Waals surface area contributed by atoms with E-state index in [1.54, 1.807) is 4.90 Å². The Labute approximate surface area is 207 Å². The van der Waals surface area contributed by atoms with Crippen LogP contribution >= 0.6 is 0 Å². The number of aryl methyl sites for hydroxylation is 1. The van der Waals surface area contributed by atoms with Crippen molar-refractivity contribution in [1.82, 2.24) is 14.7 Å². The van der Waals surface area contributed by atoms with E-state index in [0.29, 0.717) is 44.1 Å². The fraction of sp³-hybridized carbons (Fsp3) is 0.481. The summed E-state index contributed by atoms with van der Waals surface area (Å²) in [5, 5.41) is 0. The van der Waals surface area contributed by atoms with Crippen molar-refractivity contribution >= 4 is 11.8 Å². The second-order valence-electron chi connectivity index (χ2n) is 9.01. The number of rotatable bonds is 9. The van der Waals surface area contributed by atoms with E-state index in [9.17, 15) is 9.59 Å². The third kappa shape index (κ3) is 7.52. The first-order chi connectivity index (χ1) is 17.1. The zero-order valence-electron chi connectivity index (χ0n) is 20.4. The van der Waals surface area contributed by atoms with Crippen molar-refractivity contribution < 1.29 is 23.8 Å². The summed E-state index contributed by atoms with van der Waals surface area (Å²) < 4.78 is 17.1. The predicted octanol–water partition coefficient (Wildman–Crippen LogP) is 2.08. The molecule has 2 aromatic rings. The monoisotopic (exact) mass is 481 g/mol. The molecule has 0 radical (unpaired) electrons. The largest absolute Gasteiger partial charge is 0.484 e. The van der Waals surface area contributed by atoms with Gasteiger partial charge in [-0.3, -0.25) is 14.5 Å². The van der Waals surface area contributed by atoms with Crippen LogP contribution in [0.15, 0.2) is 54.6 Å². The molecule has 0 aliphatic carbocycles. The van der Waals surface area contributed by atoms with Crippen LogP contribution in [0.1, 0.15) is 15.9 Å². The number of amides is 2. The normalized spacial score (nSPS) is 18.8. The maximum Gasteiger partial charge on any atom is 0.260 e. The molecule has 8 heteroatoms. The molecule has 188 valence electrons. The number of hydrogen-bond acceptors (Lipinski definition) is 6. The van der Waals surface area contributed by atoms with Crippen LogP contribution < -0.4 is 4.74 Å². The molecule has 2 aliphatic heterocycles. The van der Waals surface area contributed by atoms with Gasteiger partial charge in [-0.05, 0) is 31.2 Å². The summed E-state index contributed by atoms with van der Waals surface area (Å²) in [6.07, 6.45) is -0.247. The average Bonchev–Trinajstić information content (AvgIpc) is 2.91. The molecule has 2 fully saturated rings. The lowest BCUT2D eigenvalue weighted by molar-refractivity contribution is -0.141. The molecule has 35 heavy (non-hydrogen) atoms. The van der Waals surface area contributed by atoms with Crippen LogP contribution in [0.25, 0.3) is 0 Å². The summed E-state index contributed by atoms with van der Waals surface area (Å²) in [5.74, 6) is 0.577. The molecule has 8 nitrogen and oxygen atoms in total. The predicted molar refractivity (Wildman–Crippen MR) is 133 cm³/mol. The summed E-state index contributed by atoms with van der Waals surface area (Å²) >= 11 is 0. The average molecular weight is 482 g/mol. The van der Waals surface area contributed by atoms with Crippen LogP contribution in [0.2, 0.25) is 0 Å². The van der Waals surface area contributed by atoms with Crippen molar-refractivity contribution in [2.75, 3.05) is 72.2 Å². The van der Waals surface area contributed by atoms with Crippen LogP contribution in [0.3, 0.4) is 0 Å². The van der Waals surface area contributed by atoms with Gasteiger partial charge in [0.2, 0.25) is 0 Å². The lowest BCUT2D eigenvalue weighted by Gasteiger charge is -2.36. The Hall–Kier alpha value is -2.94. The zero-order valence-corrected chi connectivity index (χ0v) is 20.4. The second kappa shape index (κ2) is 12.7. The van der Waals surface area contributed by atoms with Crippen molar-refractivity contribution in [2.24, 2.45) is 0 Å². The van der Waals surface area contributed by atoms with Gasteiger partial charge in [0.05, 0.1) is 25.9 Å². The van der Waals surface area contributed by atoms with Gasteiger partial charge < -0.3 is 24.0 Å². The highest BCUT2D eigenvalue weighted by Crippen LogP contribution is 2.14. The first-order valence-corrected chi connectivity index (χ1v) is 12.3. The second-order valence-corrected chi connectivity index (χ2v) is 9.01. The number of hydrogen-bond donors (Lipinski definition) is 0. The summed E-state index contributed by atoms with van der Waals surface area (Å²) in [7, 11) is 0. The maximum absolute atomic E-state index is 13.4. The van der Waals surface area contributed by atoms with Crippen LogP contribution in [-0.2, 0) is 14.3 Å². The molecule has 0 saturated carbocycles. The van der Waals surface area contributed by atoms with E-state index in [-0.39, 0.29) is 24.5 Å². The molecular weight excluding hydrogens is 446 g/mol. The van der Waals surface area contributed by atoms with Crippen molar-refractivity contribution in [1.29, 1.82) is 0 Å². The smallest absolute Gasteiger partial charge is 0.260 e. The summed E-state index contributed by atoms with van der Waals surface area (Å²) in [5.41, 5.74) is 1.78. The SMILES string of the molecule is Cc1ccc(C(=O)N(CCN2CCOCC2)C[C@@H]2CN(C(=O)COc3ccccc3)CCO2)cc1. The molecule has 2 aromatic carbocycles. The molecule has 2 saturated heterocycles. The minimum absolute atomic E-state index is 0.0141. The Morgan fingerprint density at radius 1 is 1.00 bits per heavy atom. The quantitative estimate of drug-likeness (QED) is 0.546. The van der Waals surface area contributed by atoms with Gasteiger partial charge >= 0.3 is 0 Å². The van der Waals surface area contributed by atoms with Gasteiger partial charge in [-0.2, -0.15) is 0 Å². The molecule has 2 amide bonds. The van der Waals surface area contributed by atoms with Gasteiger partial charge in [0, 0.05) is 51.4 Å². The van der Waals surface area contributed by atoms with Crippen LogP contribution in [0.4, 0.5) is 0 Å². The highest BCUT2D eigenvalue weighted by molar-refractivity contribution is 5.94. The number of morpholine rings is 2. The molecule has 1 atom stereocenters. The summed E-state index contributed by atoms with van der Waals surface area (Å²) in [6.45, 7) is 8.38. The molecule has 2 aliphatic rings. The Kier molecular flexibility index (Phi) is 9.11. The number of para-hydroxylation sites is 1. The van der Waals surface area contributed by atoms with Gasteiger partial charge in [-0.1, -0.05) is 35.9 Å². The van der Waals surface area contributed by atoms with Crippen LogP contribution in [-0.4, -0.2) is 105 Å². The van der Waals surface area contributed by atoms with Crippen LogP contribution in [0.5, 0.6) is 5.75 Å². The number of nitrogens with zero attached hydrogens (tertiary/aromatic N) is 3. The molecule has 0 bridgehead atoms. The Bertz CT molecular complexity index is 947. The molecule has 0 N–H and O–H groups in total. The molecule has 4 rings (SSSR count). The summed E-state index contributed by atoms with van der Waals surface area (Å²) in [4.78, 5) is 32.1. The lowest BCUT2D eigenvalue weighted by atomic mass is 10.1. The van der Waals surface area contributed by atoms with Gasteiger partial charge in [0.15, 0.2) is 6.61 Å². The van der Waals surface area contributed by atoms with E-state index >= 15 is 0 Å². The number of benzene rings is 2. The molecule has 0 unspecified atom stereocenters. The van der Waals surface area contributed by atoms with E-state index in [1.807, 2.05) is 66.4 Å². The maximum atomic E-state index is 13.4. The Morgan fingerprint density at radius 3 is 2.49 bits per heavy atom. The molecule has 2 heterocycles. The highest BCUT2D eigenvalue weighted by Gasteiger charge is 2.28. The van der Waals surface area contributed by atoms with Crippen LogP contribution in [0, 0.1) is 6.92 Å². The fourth-order valence-corrected chi connectivity index (χ4v) is 4.30. The van der Waals surface area contributed by atoms with Gasteiger partial charge in [-0.25, -0.2) is 0 Å². The van der Waals surface area contributed by atoms with E-state index in [0.717, 1.165) is 38.4 Å².